The number of carbonyl (C=O) groups is 1. The van der Waals surface area contributed by atoms with Gasteiger partial charge < -0.3 is 14.0 Å². The number of hydrogen-bond donors (Lipinski definition) is 0. The summed E-state index contributed by atoms with van der Waals surface area (Å²) in [5.74, 6) is 2.12. The molecule has 0 N–H and O–H groups in total. The number of amides is 1. The van der Waals surface area contributed by atoms with E-state index in [1.807, 2.05) is 43.3 Å². The number of aryl methyl sites for hydroxylation is 2. The molecule has 0 aliphatic carbocycles. The van der Waals surface area contributed by atoms with Crippen LogP contribution in [0, 0.1) is 13.8 Å². The summed E-state index contributed by atoms with van der Waals surface area (Å²) < 4.78 is 7.31. The van der Waals surface area contributed by atoms with Gasteiger partial charge in [0.15, 0.2) is 0 Å². The molecule has 142 valence electrons. The lowest BCUT2D eigenvalue weighted by atomic mass is 10.1. The largest absolute Gasteiger partial charge is 0.361 e. The zero-order valence-electron chi connectivity index (χ0n) is 15.9. The molecule has 3 heterocycles. The molecule has 0 spiro atoms. The van der Waals surface area contributed by atoms with Gasteiger partial charge in [0.2, 0.25) is 5.91 Å². The first-order chi connectivity index (χ1) is 12.6. The van der Waals surface area contributed by atoms with Crippen molar-refractivity contribution in [3.63, 3.8) is 0 Å². The number of piperazine rings is 1. The molecule has 0 bridgehead atoms. The van der Waals surface area contributed by atoms with Crippen molar-refractivity contribution in [3.8, 4) is 0 Å². The predicted molar refractivity (Wildman–Crippen MR) is 104 cm³/mol. The van der Waals surface area contributed by atoms with E-state index < -0.39 is 0 Å². The second kappa shape index (κ2) is 8.77. The van der Waals surface area contributed by atoms with Gasteiger partial charge >= 0.3 is 0 Å². The SMILES string of the molecule is CSCC[C@H](C(=O)N1CCN(Cc2c(C)noc2C)CC1)n1cccc1. The highest BCUT2D eigenvalue weighted by molar-refractivity contribution is 7.98. The lowest BCUT2D eigenvalue weighted by Gasteiger charge is -2.36. The van der Waals surface area contributed by atoms with Gasteiger partial charge in [-0.2, -0.15) is 11.8 Å². The second-order valence-corrected chi connectivity index (χ2v) is 7.82. The Kier molecular flexibility index (Phi) is 6.43. The molecule has 1 fully saturated rings. The van der Waals surface area contributed by atoms with E-state index in [0.29, 0.717) is 0 Å². The van der Waals surface area contributed by atoms with E-state index in [1.165, 1.54) is 5.56 Å². The molecule has 3 rings (SSSR count). The Labute approximate surface area is 159 Å². The number of nitrogens with zero attached hydrogens (tertiary/aromatic N) is 4. The highest BCUT2D eigenvalue weighted by atomic mass is 32.2. The Morgan fingerprint density at radius 1 is 1.23 bits per heavy atom. The molecule has 6 nitrogen and oxygen atoms in total. The fourth-order valence-electron chi connectivity index (χ4n) is 3.47. The summed E-state index contributed by atoms with van der Waals surface area (Å²) in [6.45, 7) is 8.12. The maximum absolute atomic E-state index is 13.1. The second-order valence-electron chi connectivity index (χ2n) is 6.83. The van der Waals surface area contributed by atoms with Crippen LogP contribution in [0.3, 0.4) is 0 Å². The van der Waals surface area contributed by atoms with Crippen LogP contribution in [0.5, 0.6) is 0 Å². The van der Waals surface area contributed by atoms with Gasteiger partial charge in [-0.05, 0) is 44.4 Å². The normalized spacial score (nSPS) is 16.8. The molecule has 26 heavy (non-hydrogen) atoms. The van der Waals surface area contributed by atoms with Crippen LogP contribution < -0.4 is 0 Å². The molecule has 1 saturated heterocycles. The van der Waals surface area contributed by atoms with Crippen LogP contribution in [-0.4, -0.2) is 63.6 Å². The minimum atomic E-state index is -0.0911. The van der Waals surface area contributed by atoms with E-state index in [0.717, 1.165) is 56.4 Å². The van der Waals surface area contributed by atoms with Crippen molar-refractivity contribution in [1.82, 2.24) is 19.5 Å². The summed E-state index contributed by atoms with van der Waals surface area (Å²) >= 11 is 1.79. The first-order valence-electron chi connectivity index (χ1n) is 9.14. The lowest BCUT2D eigenvalue weighted by Crippen LogP contribution is -2.50. The van der Waals surface area contributed by atoms with E-state index in [9.17, 15) is 4.79 Å². The Morgan fingerprint density at radius 3 is 2.50 bits per heavy atom. The van der Waals surface area contributed by atoms with Gasteiger partial charge in [-0.25, -0.2) is 0 Å². The lowest BCUT2D eigenvalue weighted by molar-refractivity contribution is -0.136. The average Bonchev–Trinajstić information content (AvgIpc) is 3.28. The summed E-state index contributed by atoms with van der Waals surface area (Å²) in [7, 11) is 0. The predicted octanol–water partition coefficient (Wildman–Crippen LogP) is 2.73. The molecule has 0 saturated carbocycles. The molecule has 2 aromatic heterocycles. The van der Waals surface area contributed by atoms with E-state index in [-0.39, 0.29) is 11.9 Å². The van der Waals surface area contributed by atoms with E-state index in [1.54, 1.807) is 11.8 Å². The third-order valence-electron chi connectivity index (χ3n) is 5.11. The van der Waals surface area contributed by atoms with Crippen molar-refractivity contribution in [1.29, 1.82) is 0 Å². The summed E-state index contributed by atoms with van der Waals surface area (Å²) in [5, 5.41) is 4.03. The summed E-state index contributed by atoms with van der Waals surface area (Å²) in [4.78, 5) is 17.5. The number of aromatic nitrogens is 2. The minimum Gasteiger partial charge on any atom is -0.361 e. The molecule has 1 amide bonds. The van der Waals surface area contributed by atoms with Gasteiger partial charge in [0.25, 0.3) is 0 Å². The van der Waals surface area contributed by atoms with Gasteiger partial charge in [0.05, 0.1) is 5.69 Å². The van der Waals surface area contributed by atoms with Crippen LogP contribution in [0.1, 0.15) is 29.5 Å². The average molecular weight is 377 g/mol. The van der Waals surface area contributed by atoms with Crippen molar-refractivity contribution in [2.24, 2.45) is 0 Å². The minimum absolute atomic E-state index is 0.0911. The molecular formula is C19H28N4O2S. The molecule has 1 aliphatic rings. The van der Waals surface area contributed by atoms with Crippen molar-refractivity contribution in [3.05, 3.63) is 41.5 Å². The fourth-order valence-corrected chi connectivity index (χ4v) is 3.93. The van der Waals surface area contributed by atoms with Crippen LogP contribution in [0.2, 0.25) is 0 Å². The first-order valence-corrected chi connectivity index (χ1v) is 10.5. The van der Waals surface area contributed by atoms with Crippen molar-refractivity contribution >= 4 is 17.7 Å². The number of carbonyl (C=O) groups excluding carboxylic acids is 1. The maximum Gasteiger partial charge on any atom is 0.245 e. The molecule has 0 aromatic carbocycles. The standard InChI is InChI=1S/C19H28N4O2S/c1-15-17(16(2)25-20-15)14-21-9-11-23(12-10-21)19(24)18(6-13-26-3)22-7-4-5-8-22/h4-5,7-8,18H,6,9-14H2,1-3H3/t18-/m1/s1. The van der Waals surface area contributed by atoms with E-state index >= 15 is 0 Å². The molecule has 2 aromatic rings. The van der Waals surface area contributed by atoms with Crippen LogP contribution in [-0.2, 0) is 11.3 Å². The van der Waals surface area contributed by atoms with Gasteiger partial charge in [-0.3, -0.25) is 9.69 Å². The number of thioether (sulfide) groups is 1. The van der Waals surface area contributed by atoms with E-state index in [2.05, 4.69) is 20.9 Å². The highest BCUT2D eigenvalue weighted by Crippen LogP contribution is 2.20. The number of hydrogen-bond acceptors (Lipinski definition) is 5. The van der Waals surface area contributed by atoms with Gasteiger partial charge in [0.1, 0.15) is 11.8 Å². The first kappa shape index (κ1) is 19.0. The van der Waals surface area contributed by atoms with Crippen LogP contribution in [0.4, 0.5) is 0 Å². The van der Waals surface area contributed by atoms with Crippen LogP contribution in [0.15, 0.2) is 29.0 Å². The summed E-state index contributed by atoms with van der Waals surface area (Å²) in [5.41, 5.74) is 2.14. The Balaban J connectivity index is 1.58. The molecule has 1 aliphatic heterocycles. The number of rotatable bonds is 7. The zero-order chi connectivity index (χ0) is 18.5. The zero-order valence-corrected chi connectivity index (χ0v) is 16.7. The van der Waals surface area contributed by atoms with Gasteiger partial charge in [-0.15, -0.1) is 0 Å². The fraction of sp³-hybridized carbons (Fsp3) is 0.579. The Bertz CT molecular complexity index is 686. The van der Waals surface area contributed by atoms with E-state index in [4.69, 9.17) is 4.52 Å². The van der Waals surface area contributed by atoms with Gasteiger partial charge in [0, 0.05) is 50.7 Å². The monoisotopic (exact) mass is 376 g/mol. The Hall–Kier alpha value is -1.73. The van der Waals surface area contributed by atoms with Crippen molar-refractivity contribution in [2.45, 2.75) is 32.9 Å². The molecule has 1 atom stereocenters. The molecule has 0 radical (unpaired) electrons. The summed E-state index contributed by atoms with van der Waals surface area (Å²) in [6, 6.07) is 3.88. The summed E-state index contributed by atoms with van der Waals surface area (Å²) in [6.07, 6.45) is 6.95. The quantitative estimate of drug-likeness (QED) is 0.744. The van der Waals surface area contributed by atoms with Crippen molar-refractivity contribution < 1.29 is 9.32 Å². The Morgan fingerprint density at radius 2 is 1.92 bits per heavy atom. The molecule has 7 heteroatoms. The third-order valence-corrected chi connectivity index (χ3v) is 5.76. The molecular weight excluding hydrogens is 348 g/mol. The van der Waals surface area contributed by atoms with Crippen LogP contribution >= 0.6 is 11.8 Å². The smallest absolute Gasteiger partial charge is 0.245 e. The van der Waals surface area contributed by atoms with Crippen LogP contribution in [0.25, 0.3) is 0 Å². The topological polar surface area (TPSA) is 54.5 Å². The highest BCUT2D eigenvalue weighted by Gasteiger charge is 2.28. The van der Waals surface area contributed by atoms with Crippen molar-refractivity contribution in [2.75, 3.05) is 38.2 Å². The van der Waals surface area contributed by atoms with Gasteiger partial charge in [-0.1, -0.05) is 5.16 Å². The third kappa shape index (κ3) is 4.32. The maximum atomic E-state index is 13.1. The molecule has 0 unspecified atom stereocenters.